The molecule has 0 aliphatic heterocycles. The summed E-state index contributed by atoms with van der Waals surface area (Å²) in [7, 11) is 0. The number of rotatable bonds is 6. The molecule has 33 heavy (non-hydrogen) atoms. The van der Waals surface area contributed by atoms with E-state index in [9.17, 15) is 14.4 Å². The van der Waals surface area contributed by atoms with Crippen molar-refractivity contribution in [1.82, 2.24) is 14.2 Å². The van der Waals surface area contributed by atoms with E-state index in [2.05, 4.69) is 47.8 Å². The fourth-order valence-electron chi connectivity index (χ4n) is 2.53. The minimum atomic E-state index is -1.16. The molecule has 3 aromatic carbocycles. The van der Waals surface area contributed by atoms with Gasteiger partial charge in [-0.1, -0.05) is 62.0 Å². The molecule has 0 saturated heterocycles. The van der Waals surface area contributed by atoms with Gasteiger partial charge in [0, 0.05) is 13.4 Å². The van der Waals surface area contributed by atoms with Crippen LogP contribution < -0.4 is 31.6 Å². The lowest BCUT2D eigenvalue weighted by Gasteiger charge is -2.14. The van der Waals surface area contributed by atoms with Crippen LogP contribution in [0.5, 0.6) is 17.2 Å². The number of benzene rings is 3. The van der Waals surface area contributed by atoms with Gasteiger partial charge in [-0.15, -0.1) is 0 Å². The van der Waals surface area contributed by atoms with Crippen molar-refractivity contribution in [1.29, 1.82) is 0 Å². The zero-order valence-corrected chi connectivity index (χ0v) is 21.1. The van der Waals surface area contributed by atoms with E-state index >= 15 is 0 Å². The van der Waals surface area contributed by atoms with Gasteiger partial charge < -0.3 is 14.5 Å². The van der Waals surface area contributed by atoms with E-state index in [0.717, 1.165) is 13.4 Å². The summed E-state index contributed by atoms with van der Waals surface area (Å²) in [6, 6.07) is 19.1. The maximum atomic E-state index is 13.0. The Morgan fingerprint density at radius 2 is 0.636 bits per heavy atom. The molecule has 0 amide bonds. The van der Waals surface area contributed by atoms with E-state index in [0.29, 0.717) is 14.2 Å². The van der Waals surface area contributed by atoms with E-state index in [1.165, 1.54) is 36.4 Å². The molecule has 0 N–H and O–H groups in total. The van der Waals surface area contributed by atoms with Crippen LogP contribution in [0, 0.1) is 0 Å². The van der Waals surface area contributed by atoms with Crippen molar-refractivity contribution < 1.29 is 14.5 Å². The molecule has 4 aromatic rings. The summed E-state index contributed by atoms with van der Waals surface area (Å²) in [5, 5.41) is 0. The Morgan fingerprint density at radius 3 is 0.848 bits per heavy atom. The first kappa shape index (κ1) is 23.1. The van der Waals surface area contributed by atoms with E-state index in [4.69, 9.17) is 14.5 Å². The third-order valence-corrected chi connectivity index (χ3v) is 5.66. The van der Waals surface area contributed by atoms with Crippen LogP contribution in [-0.2, 0) is 0 Å². The highest BCUT2D eigenvalue weighted by molar-refractivity contribution is 9.11. The summed E-state index contributed by atoms with van der Waals surface area (Å²) in [4.78, 5) is 55.3. The standard InChI is InChI=1S/C21H12Br3N3O6/c22-13-1-7-16(8-2-13)31-25-19(28)26(32-17-9-3-14(23)4-10-17)21(30)27(20(25)29)33-18-11-5-15(24)6-12-18/h1-12H. The molecule has 0 atom stereocenters. The van der Waals surface area contributed by atoms with Crippen molar-refractivity contribution in [3.05, 3.63) is 118 Å². The molecular formula is C21H12Br3N3O6. The molecule has 4 rings (SSSR count). The zero-order valence-electron chi connectivity index (χ0n) is 16.4. The molecule has 0 fully saturated rings. The second-order valence-corrected chi connectivity index (χ2v) is 9.11. The second-order valence-electron chi connectivity index (χ2n) is 6.37. The lowest BCUT2D eigenvalue weighted by Crippen LogP contribution is -2.58. The summed E-state index contributed by atoms with van der Waals surface area (Å²) in [6.45, 7) is 0. The molecule has 1 aromatic heterocycles. The van der Waals surface area contributed by atoms with Gasteiger partial charge in [0.05, 0.1) is 0 Å². The zero-order chi connectivity index (χ0) is 23.5. The van der Waals surface area contributed by atoms with Gasteiger partial charge in [-0.05, 0) is 72.8 Å². The average Bonchev–Trinajstić information content (AvgIpc) is 2.81. The molecule has 168 valence electrons. The Kier molecular flexibility index (Phi) is 6.86. The van der Waals surface area contributed by atoms with Crippen molar-refractivity contribution in [3.63, 3.8) is 0 Å². The van der Waals surface area contributed by atoms with Crippen molar-refractivity contribution in [2.75, 3.05) is 0 Å². The first-order valence-electron chi connectivity index (χ1n) is 9.15. The van der Waals surface area contributed by atoms with Gasteiger partial charge in [0.25, 0.3) is 0 Å². The summed E-state index contributed by atoms with van der Waals surface area (Å²) >= 11 is 9.88. The Morgan fingerprint density at radius 1 is 0.424 bits per heavy atom. The van der Waals surface area contributed by atoms with Crippen molar-refractivity contribution in [3.8, 4) is 17.2 Å². The molecule has 0 radical (unpaired) electrons. The predicted molar refractivity (Wildman–Crippen MR) is 130 cm³/mol. The Labute approximate surface area is 210 Å². The second kappa shape index (κ2) is 9.81. The molecule has 0 aliphatic carbocycles. The number of halogens is 3. The molecule has 1 heterocycles. The molecule has 0 unspecified atom stereocenters. The van der Waals surface area contributed by atoms with Gasteiger partial charge in [-0.3, -0.25) is 0 Å². The van der Waals surface area contributed by atoms with E-state index < -0.39 is 17.1 Å². The Balaban J connectivity index is 1.85. The largest absolute Gasteiger partial charge is 0.404 e. The summed E-state index contributed by atoms with van der Waals surface area (Å²) in [5.74, 6) is 0.504. The highest BCUT2D eigenvalue weighted by atomic mass is 79.9. The molecule has 0 aliphatic rings. The third-order valence-electron chi connectivity index (χ3n) is 4.07. The van der Waals surface area contributed by atoms with Crippen molar-refractivity contribution in [2.24, 2.45) is 0 Å². The summed E-state index contributed by atoms with van der Waals surface area (Å²) < 4.78 is 3.39. The van der Waals surface area contributed by atoms with Crippen molar-refractivity contribution in [2.45, 2.75) is 0 Å². The number of aromatic nitrogens is 3. The van der Waals surface area contributed by atoms with E-state index in [1.54, 1.807) is 36.4 Å². The quantitative estimate of drug-likeness (QED) is 0.316. The topological polar surface area (TPSA) is 93.7 Å². The first-order valence-corrected chi connectivity index (χ1v) is 11.5. The SMILES string of the molecule is O=c1n(Oc2ccc(Br)cc2)c(=O)n(Oc2ccc(Br)cc2)c(=O)n1Oc1ccc(Br)cc1. The average molecular weight is 642 g/mol. The van der Waals surface area contributed by atoms with Crippen LogP contribution in [0.3, 0.4) is 0 Å². The molecule has 9 nitrogen and oxygen atoms in total. The van der Waals surface area contributed by atoms with E-state index in [-0.39, 0.29) is 17.2 Å². The van der Waals surface area contributed by atoms with Crippen LogP contribution in [-0.4, -0.2) is 14.2 Å². The van der Waals surface area contributed by atoms with Gasteiger partial charge in [0.15, 0.2) is 17.2 Å². The van der Waals surface area contributed by atoms with Crippen LogP contribution in [0.2, 0.25) is 0 Å². The summed E-state index contributed by atoms with van der Waals surface area (Å²) in [6.07, 6.45) is 0. The number of hydrogen-bond acceptors (Lipinski definition) is 6. The minimum absolute atomic E-state index is 0.168. The molecular weight excluding hydrogens is 630 g/mol. The number of nitrogens with zero attached hydrogens (tertiary/aromatic N) is 3. The highest BCUT2D eigenvalue weighted by Gasteiger charge is 2.21. The monoisotopic (exact) mass is 639 g/mol. The normalized spacial score (nSPS) is 10.6. The van der Waals surface area contributed by atoms with Crippen LogP contribution in [0.4, 0.5) is 0 Å². The van der Waals surface area contributed by atoms with Crippen LogP contribution in [0.1, 0.15) is 0 Å². The fourth-order valence-corrected chi connectivity index (χ4v) is 3.32. The maximum absolute atomic E-state index is 13.0. The fraction of sp³-hybridized carbons (Fsp3) is 0. The molecule has 12 heteroatoms. The van der Waals surface area contributed by atoms with Crippen molar-refractivity contribution >= 4 is 47.8 Å². The van der Waals surface area contributed by atoms with Gasteiger partial charge in [-0.2, -0.15) is 0 Å². The summed E-state index contributed by atoms with van der Waals surface area (Å²) in [5.41, 5.74) is -3.48. The Hall–Kier alpha value is -3.09. The van der Waals surface area contributed by atoms with Gasteiger partial charge in [0.2, 0.25) is 0 Å². The lowest BCUT2D eigenvalue weighted by molar-refractivity contribution is 0.0655. The first-order chi connectivity index (χ1) is 15.8. The lowest BCUT2D eigenvalue weighted by atomic mass is 10.3. The molecule has 0 saturated carbocycles. The Bertz CT molecular complexity index is 1250. The van der Waals surface area contributed by atoms with E-state index in [1.807, 2.05) is 0 Å². The number of hydrogen-bond donors (Lipinski definition) is 0. The van der Waals surface area contributed by atoms with Crippen LogP contribution in [0.25, 0.3) is 0 Å². The van der Waals surface area contributed by atoms with Gasteiger partial charge in [-0.25, -0.2) is 14.4 Å². The minimum Gasteiger partial charge on any atom is -0.366 e. The smallest absolute Gasteiger partial charge is 0.366 e. The third kappa shape index (κ3) is 5.29. The highest BCUT2D eigenvalue weighted by Crippen LogP contribution is 2.18. The predicted octanol–water partition coefficient (Wildman–Crippen LogP) is 3.99. The van der Waals surface area contributed by atoms with Crippen LogP contribution in [0.15, 0.2) is 101 Å². The molecule has 0 bridgehead atoms. The van der Waals surface area contributed by atoms with Gasteiger partial charge in [0.1, 0.15) is 0 Å². The van der Waals surface area contributed by atoms with Gasteiger partial charge >= 0.3 is 17.1 Å². The molecule has 0 spiro atoms. The maximum Gasteiger partial charge on any atom is 0.404 e. The van der Waals surface area contributed by atoms with Crippen LogP contribution >= 0.6 is 47.8 Å².